The summed E-state index contributed by atoms with van der Waals surface area (Å²) in [6.45, 7) is 11.9. The fraction of sp³-hybridized carbons (Fsp3) is 0.326. The van der Waals surface area contributed by atoms with Gasteiger partial charge in [-0.3, -0.25) is 9.80 Å². The quantitative estimate of drug-likeness (QED) is 0.0974. The standard InChI is InChI=1S/C44H48N2O3.C2H5.2Zn/c1-32-29-33(2)39(31-46-28-16-26-41(46)44(49,36-21-11-5-12-22-36)37-23-13-6-14-24-37)42(47)38(32)30-45-27-15-25-40(45)43(48,34-17-7-3-8-18-34)35-19-9-4-10-20-35;1-2;;/h3-14,17-24,29,40-41,47-49H,15-16,25-28,30-31H2,1-2H3;1H2,2H3;;/q;-1;;+2. The number of phenols is 1. The molecule has 2 saturated heterocycles. The normalized spacial score (nSPS) is 17.7. The molecule has 5 aromatic carbocycles. The number of nitrogens with zero attached hydrogens (tertiary/aromatic N) is 2. The molecule has 2 aliphatic rings. The molecule has 2 fully saturated rings. The van der Waals surface area contributed by atoms with Gasteiger partial charge in [0.15, 0.2) is 0 Å². The first-order valence-electron chi connectivity index (χ1n) is 18.5. The van der Waals surface area contributed by atoms with Crippen molar-refractivity contribution in [2.24, 2.45) is 0 Å². The van der Waals surface area contributed by atoms with E-state index >= 15 is 0 Å². The topological polar surface area (TPSA) is 67.2 Å². The van der Waals surface area contributed by atoms with Gasteiger partial charge in [-0.15, -0.1) is 0 Å². The predicted octanol–water partition coefficient (Wildman–Crippen LogP) is 8.65. The van der Waals surface area contributed by atoms with E-state index in [0.717, 1.165) is 83.3 Å². The summed E-state index contributed by atoms with van der Waals surface area (Å²) in [5.41, 5.74) is 5.06. The van der Waals surface area contributed by atoms with Crippen LogP contribution >= 0.6 is 0 Å². The molecule has 5 aromatic rings. The third-order valence-electron chi connectivity index (χ3n) is 11.2. The van der Waals surface area contributed by atoms with E-state index in [9.17, 15) is 15.3 Å². The first kappa shape index (κ1) is 42.7. The molecule has 0 saturated carbocycles. The van der Waals surface area contributed by atoms with Crippen LogP contribution < -0.4 is 0 Å². The molecular formula is C46H53N2O3Zn2+. The van der Waals surface area contributed by atoms with Crippen molar-refractivity contribution in [3.05, 3.63) is 179 Å². The van der Waals surface area contributed by atoms with Gasteiger partial charge in [0.2, 0.25) is 0 Å². The third-order valence-corrected chi connectivity index (χ3v) is 11.2. The summed E-state index contributed by atoms with van der Waals surface area (Å²) < 4.78 is 0. The molecule has 53 heavy (non-hydrogen) atoms. The average Bonchev–Trinajstić information content (AvgIpc) is 3.87. The van der Waals surface area contributed by atoms with E-state index in [1.165, 1.54) is 0 Å². The molecule has 2 heterocycles. The molecule has 0 aliphatic carbocycles. The van der Waals surface area contributed by atoms with E-state index in [1.54, 1.807) is 6.92 Å². The van der Waals surface area contributed by atoms with Crippen LogP contribution in [0.1, 0.15) is 77.1 Å². The second-order valence-electron chi connectivity index (χ2n) is 14.1. The van der Waals surface area contributed by atoms with E-state index in [1.807, 2.05) is 121 Å². The van der Waals surface area contributed by atoms with Gasteiger partial charge in [-0.2, -0.15) is 6.92 Å². The van der Waals surface area contributed by atoms with Crippen molar-refractivity contribution in [2.75, 3.05) is 13.1 Å². The summed E-state index contributed by atoms with van der Waals surface area (Å²) in [4.78, 5) is 4.73. The molecule has 7 rings (SSSR count). The van der Waals surface area contributed by atoms with Crippen LogP contribution in [0.4, 0.5) is 0 Å². The van der Waals surface area contributed by atoms with E-state index in [-0.39, 0.29) is 51.0 Å². The zero-order valence-electron chi connectivity index (χ0n) is 31.8. The van der Waals surface area contributed by atoms with Crippen molar-refractivity contribution in [3.8, 4) is 5.75 Å². The van der Waals surface area contributed by atoms with Gasteiger partial charge in [-0.05, 0) is 86.0 Å². The minimum absolute atomic E-state index is 0. The molecule has 0 amide bonds. The van der Waals surface area contributed by atoms with E-state index in [0.29, 0.717) is 18.8 Å². The van der Waals surface area contributed by atoms with Crippen molar-refractivity contribution < 1.29 is 54.3 Å². The van der Waals surface area contributed by atoms with E-state index < -0.39 is 11.2 Å². The average molecular weight is 813 g/mol. The van der Waals surface area contributed by atoms with Crippen LogP contribution in [0.5, 0.6) is 5.75 Å². The molecule has 3 N–H and O–H groups in total. The molecule has 268 valence electrons. The second kappa shape index (κ2) is 19.0. The van der Waals surface area contributed by atoms with Crippen molar-refractivity contribution in [2.45, 2.75) is 82.8 Å². The van der Waals surface area contributed by atoms with Gasteiger partial charge in [-0.1, -0.05) is 127 Å². The first-order valence-corrected chi connectivity index (χ1v) is 18.5. The summed E-state index contributed by atoms with van der Waals surface area (Å²) in [7, 11) is 0. The number of aliphatic hydroxyl groups is 2. The van der Waals surface area contributed by atoms with Crippen LogP contribution in [0, 0.1) is 20.8 Å². The minimum atomic E-state index is -1.20. The van der Waals surface area contributed by atoms with Crippen LogP contribution in [0.2, 0.25) is 0 Å². The summed E-state index contributed by atoms with van der Waals surface area (Å²) >= 11 is 0. The second-order valence-corrected chi connectivity index (χ2v) is 14.1. The maximum Gasteiger partial charge on any atom is 2.00 e. The SMILES string of the molecule is Cc1cc(C)c(CN2CCCC2C(O)(c2ccccc2)c2ccccc2)c(O)c1CN1CCCC1C(O)(c1ccccc1)c1ccccc1.[CH2-]C.[Zn+2].[Zn]. The molecule has 2 atom stereocenters. The number of hydrogen-bond acceptors (Lipinski definition) is 5. The van der Waals surface area contributed by atoms with Gasteiger partial charge in [0.05, 0.1) is 0 Å². The van der Waals surface area contributed by atoms with Crippen LogP contribution in [0.25, 0.3) is 0 Å². The number of phenolic OH excluding ortho intramolecular Hbond substituents is 1. The number of aryl methyl sites for hydroxylation is 2. The van der Waals surface area contributed by atoms with Crippen molar-refractivity contribution in [1.82, 2.24) is 9.80 Å². The number of benzene rings is 5. The summed E-state index contributed by atoms with van der Waals surface area (Å²) in [6.07, 6.45) is 3.65. The summed E-state index contributed by atoms with van der Waals surface area (Å²) in [5.74, 6) is 0.333. The Morgan fingerprint density at radius 3 is 1.13 bits per heavy atom. The Balaban J connectivity index is 0.00000154. The molecule has 0 radical (unpaired) electrons. The Morgan fingerprint density at radius 1 is 0.566 bits per heavy atom. The van der Waals surface area contributed by atoms with Gasteiger partial charge in [0.25, 0.3) is 0 Å². The van der Waals surface area contributed by atoms with Crippen molar-refractivity contribution in [1.29, 1.82) is 0 Å². The fourth-order valence-electron chi connectivity index (χ4n) is 8.71. The number of hydrogen-bond donors (Lipinski definition) is 3. The van der Waals surface area contributed by atoms with Gasteiger partial charge in [-0.25, -0.2) is 0 Å². The van der Waals surface area contributed by atoms with Gasteiger partial charge < -0.3 is 22.2 Å². The molecule has 0 aromatic heterocycles. The third kappa shape index (κ3) is 8.47. The molecule has 7 heteroatoms. The number of rotatable bonds is 10. The largest absolute Gasteiger partial charge is 2.00 e. The van der Waals surface area contributed by atoms with Gasteiger partial charge in [0, 0.05) is 55.8 Å². The minimum Gasteiger partial charge on any atom is -0.507 e. The first-order chi connectivity index (χ1) is 24.8. The van der Waals surface area contributed by atoms with E-state index in [4.69, 9.17) is 0 Å². The fourth-order valence-corrected chi connectivity index (χ4v) is 8.71. The van der Waals surface area contributed by atoms with E-state index in [2.05, 4.69) is 36.6 Å². The van der Waals surface area contributed by atoms with Crippen molar-refractivity contribution in [3.63, 3.8) is 0 Å². The van der Waals surface area contributed by atoms with Crippen molar-refractivity contribution >= 4 is 0 Å². The van der Waals surface area contributed by atoms with Crippen LogP contribution in [0.3, 0.4) is 0 Å². The maximum absolute atomic E-state index is 12.7. The maximum atomic E-state index is 12.7. The molecule has 5 nitrogen and oxygen atoms in total. The monoisotopic (exact) mass is 809 g/mol. The summed E-state index contributed by atoms with van der Waals surface area (Å²) in [6, 6.07) is 42.0. The Bertz CT molecular complexity index is 1650. The van der Waals surface area contributed by atoms with Gasteiger partial charge in [0.1, 0.15) is 17.0 Å². The number of likely N-dealkylation sites (tertiary alicyclic amines) is 2. The Hall–Kier alpha value is -3.01. The van der Waals surface area contributed by atoms with Crippen LogP contribution in [-0.2, 0) is 63.2 Å². The Labute approximate surface area is 342 Å². The van der Waals surface area contributed by atoms with Crippen LogP contribution in [0.15, 0.2) is 127 Å². The number of aromatic hydroxyl groups is 1. The molecule has 2 aliphatic heterocycles. The zero-order chi connectivity index (χ0) is 36.0. The summed E-state index contributed by atoms with van der Waals surface area (Å²) in [5, 5.41) is 37.5. The molecule has 0 bridgehead atoms. The smallest absolute Gasteiger partial charge is 0.507 e. The molecule has 0 spiro atoms. The Kier molecular flexibility index (Phi) is 15.3. The Morgan fingerprint density at radius 2 is 0.849 bits per heavy atom. The van der Waals surface area contributed by atoms with Crippen LogP contribution in [-0.4, -0.2) is 50.3 Å². The predicted molar refractivity (Wildman–Crippen MR) is 207 cm³/mol. The zero-order valence-corrected chi connectivity index (χ0v) is 37.7. The molecule has 2 unspecified atom stereocenters. The van der Waals surface area contributed by atoms with Gasteiger partial charge >= 0.3 is 19.5 Å². The molecular weight excluding hydrogens is 759 g/mol.